The van der Waals surface area contributed by atoms with E-state index >= 15 is 0 Å². The number of piperidine rings is 1. The van der Waals surface area contributed by atoms with Crippen molar-refractivity contribution in [1.82, 2.24) is 15.1 Å². The van der Waals surface area contributed by atoms with Crippen molar-refractivity contribution in [2.75, 3.05) is 32.1 Å². The molecule has 1 atom stereocenters. The van der Waals surface area contributed by atoms with E-state index in [0.29, 0.717) is 29.2 Å². The number of benzene rings is 1. The van der Waals surface area contributed by atoms with Crippen LogP contribution in [0.3, 0.4) is 0 Å². The molecule has 3 rings (SSSR count). The van der Waals surface area contributed by atoms with Crippen LogP contribution in [-0.2, 0) is 0 Å². The standard InChI is InChI=1S/C16H22F2N4O/c1-10(8-17)22-4-2-11(3-5-22)9-23-12-6-13(18)15-14(7-12)20-21-16(15)19/h6-7,10-11H,2-5,8-9H2,1H3,(H3,19,20,21). The number of H-pyrrole nitrogens is 1. The highest BCUT2D eigenvalue weighted by molar-refractivity contribution is 5.90. The van der Waals surface area contributed by atoms with Crippen LogP contribution in [-0.4, -0.2) is 47.5 Å². The van der Waals surface area contributed by atoms with Gasteiger partial charge in [-0.25, -0.2) is 8.78 Å². The van der Waals surface area contributed by atoms with E-state index in [9.17, 15) is 8.78 Å². The van der Waals surface area contributed by atoms with Crippen LogP contribution >= 0.6 is 0 Å². The Labute approximate surface area is 133 Å². The van der Waals surface area contributed by atoms with E-state index in [4.69, 9.17) is 10.5 Å². The van der Waals surface area contributed by atoms with E-state index in [1.165, 1.54) is 6.07 Å². The average Bonchev–Trinajstić information content (AvgIpc) is 2.94. The molecule has 0 aliphatic carbocycles. The number of nitrogens with one attached hydrogen (secondary N) is 1. The van der Waals surface area contributed by atoms with Gasteiger partial charge >= 0.3 is 0 Å². The predicted octanol–water partition coefficient (Wildman–Crippen LogP) is 2.73. The Kier molecular flexibility index (Phi) is 4.66. The Morgan fingerprint density at radius 2 is 2.17 bits per heavy atom. The second-order valence-electron chi connectivity index (χ2n) is 6.23. The van der Waals surface area contributed by atoms with Crippen molar-refractivity contribution in [3.8, 4) is 5.75 Å². The first-order valence-electron chi connectivity index (χ1n) is 7.94. The lowest BCUT2D eigenvalue weighted by molar-refractivity contribution is 0.101. The minimum Gasteiger partial charge on any atom is -0.493 e. The van der Waals surface area contributed by atoms with Gasteiger partial charge < -0.3 is 10.5 Å². The van der Waals surface area contributed by atoms with Crippen molar-refractivity contribution in [1.29, 1.82) is 0 Å². The molecule has 0 saturated carbocycles. The number of nitrogen functional groups attached to an aromatic ring is 1. The molecule has 0 spiro atoms. The van der Waals surface area contributed by atoms with Gasteiger partial charge in [-0.05, 0) is 38.8 Å². The monoisotopic (exact) mass is 324 g/mol. The van der Waals surface area contributed by atoms with E-state index in [2.05, 4.69) is 15.1 Å². The number of rotatable bonds is 5. The van der Waals surface area contributed by atoms with Crippen LogP contribution in [0.25, 0.3) is 10.9 Å². The fourth-order valence-electron chi connectivity index (χ4n) is 3.06. The maximum Gasteiger partial charge on any atom is 0.156 e. The van der Waals surface area contributed by atoms with E-state index in [1.807, 2.05) is 6.92 Å². The van der Waals surface area contributed by atoms with Gasteiger partial charge in [0, 0.05) is 18.2 Å². The third kappa shape index (κ3) is 3.39. The van der Waals surface area contributed by atoms with Crippen LogP contribution < -0.4 is 10.5 Å². The Hall–Kier alpha value is -1.89. The molecular formula is C16H22F2N4O. The molecule has 126 valence electrons. The Morgan fingerprint density at radius 3 is 2.87 bits per heavy atom. The summed E-state index contributed by atoms with van der Waals surface area (Å²) in [7, 11) is 0. The highest BCUT2D eigenvalue weighted by atomic mass is 19.1. The summed E-state index contributed by atoms with van der Waals surface area (Å²) >= 11 is 0. The molecule has 3 N–H and O–H groups in total. The molecule has 0 radical (unpaired) electrons. The highest BCUT2D eigenvalue weighted by Crippen LogP contribution is 2.27. The largest absolute Gasteiger partial charge is 0.493 e. The maximum absolute atomic E-state index is 14.0. The van der Waals surface area contributed by atoms with Gasteiger partial charge in [0.05, 0.1) is 17.5 Å². The van der Waals surface area contributed by atoms with Crippen LogP contribution in [0.15, 0.2) is 12.1 Å². The van der Waals surface area contributed by atoms with Crippen molar-refractivity contribution in [3.05, 3.63) is 17.9 Å². The van der Waals surface area contributed by atoms with Crippen molar-refractivity contribution in [2.24, 2.45) is 5.92 Å². The van der Waals surface area contributed by atoms with Crippen molar-refractivity contribution in [2.45, 2.75) is 25.8 Å². The van der Waals surface area contributed by atoms with Gasteiger partial charge in [-0.15, -0.1) is 0 Å². The predicted molar refractivity (Wildman–Crippen MR) is 85.7 cm³/mol. The van der Waals surface area contributed by atoms with Gasteiger partial charge in [0.15, 0.2) is 5.82 Å². The number of aromatic amines is 1. The first-order valence-corrected chi connectivity index (χ1v) is 7.94. The quantitative estimate of drug-likeness (QED) is 0.887. The fourth-order valence-corrected chi connectivity index (χ4v) is 3.06. The Bertz CT molecular complexity index is 667. The number of ether oxygens (including phenoxy) is 1. The van der Waals surface area contributed by atoms with E-state index in [0.717, 1.165) is 25.9 Å². The van der Waals surface area contributed by atoms with Crippen molar-refractivity contribution < 1.29 is 13.5 Å². The summed E-state index contributed by atoms with van der Waals surface area (Å²) in [4.78, 5) is 2.16. The number of nitrogens with two attached hydrogens (primary N) is 1. The van der Waals surface area contributed by atoms with Crippen molar-refractivity contribution in [3.63, 3.8) is 0 Å². The number of aromatic nitrogens is 2. The average molecular weight is 324 g/mol. The minimum absolute atomic E-state index is 0.0146. The summed E-state index contributed by atoms with van der Waals surface area (Å²) in [5.74, 6) is 0.593. The summed E-state index contributed by atoms with van der Waals surface area (Å²) in [6, 6.07) is 3.04. The topological polar surface area (TPSA) is 67.2 Å². The first-order chi connectivity index (χ1) is 11.1. The molecule has 1 unspecified atom stereocenters. The highest BCUT2D eigenvalue weighted by Gasteiger charge is 2.23. The second-order valence-corrected chi connectivity index (χ2v) is 6.23. The molecule has 1 aromatic carbocycles. The molecule has 23 heavy (non-hydrogen) atoms. The molecule has 1 aliphatic heterocycles. The molecule has 0 amide bonds. The van der Waals surface area contributed by atoms with Crippen LogP contribution in [0.5, 0.6) is 5.75 Å². The molecule has 2 heterocycles. The van der Waals surface area contributed by atoms with Gasteiger partial charge in [-0.2, -0.15) is 5.10 Å². The minimum atomic E-state index is -0.435. The maximum atomic E-state index is 14.0. The van der Waals surface area contributed by atoms with Crippen LogP contribution in [0.2, 0.25) is 0 Å². The molecule has 7 heteroatoms. The normalized spacial score (nSPS) is 18.4. The van der Waals surface area contributed by atoms with Crippen LogP contribution in [0, 0.1) is 11.7 Å². The van der Waals surface area contributed by atoms with E-state index in [-0.39, 0.29) is 18.5 Å². The van der Waals surface area contributed by atoms with Crippen molar-refractivity contribution >= 4 is 16.7 Å². The van der Waals surface area contributed by atoms with Gasteiger partial charge in [-0.1, -0.05) is 0 Å². The molecule has 0 bridgehead atoms. The molecular weight excluding hydrogens is 302 g/mol. The number of halogens is 2. The Morgan fingerprint density at radius 1 is 1.43 bits per heavy atom. The third-order valence-electron chi connectivity index (χ3n) is 4.60. The summed E-state index contributed by atoms with van der Waals surface area (Å²) < 4.78 is 32.5. The molecule has 1 aliphatic rings. The lowest BCUT2D eigenvalue weighted by Crippen LogP contribution is -2.42. The number of nitrogens with zero attached hydrogens (tertiary/aromatic N) is 2. The summed E-state index contributed by atoms with van der Waals surface area (Å²) in [5.41, 5.74) is 6.14. The Balaban J connectivity index is 1.57. The first kappa shape index (κ1) is 16.0. The second kappa shape index (κ2) is 6.70. The number of hydrogen-bond donors (Lipinski definition) is 2. The lowest BCUT2D eigenvalue weighted by Gasteiger charge is -2.34. The summed E-state index contributed by atoms with van der Waals surface area (Å²) in [6.45, 7) is 3.89. The number of likely N-dealkylation sites (tertiary alicyclic amines) is 1. The fraction of sp³-hybridized carbons (Fsp3) is 0.562. The molecule has 1 aromatic heterocycles. The van der Waals surface area contributed by atoms with Gasteiger partial charge in [0.2, 0.25) is 0 Å². The zero-order valence-corrected chi connectivity index (χ0v) is 13.2. The molecule has 5 nitrogen and oxygen atoms in total. The number of alkyl halides is 1. The lowest BCUT2D eigenvalue weighted by atomic mass is 9.97. The van der Waals surface area contributed by atoms with Gasteiger partial charge in [0.25, 0.3) is 0 Å². The smallest absolute Gasteiger partial charge is 0.156 e. The number of hydrogen-bond acceptors (Lipinski definition) is 4. The number of anilines is 1. The van der Waals surface area contributed by atoms with Gasteiger partial charge in [-0.3, -0.25) is 10.00 Å². The summed E-state index contributed by atoms with van der Waals surface area (Å²) in [6.07, 6.45) is 1.93. The SMILES string of the molecule is CC(CF)N1CCC(COc2cc(F)c3c(N)n[nH]c3c2)CC1. The van der Waals surface area contributed by atoms with E-state index < -0.39 is 5.82 Å². The van der Waals surface area contributed by atoms with Gasteiger partial charge in [0.1, 0.15) is 18.2 Å². The molecule has 2 aromatic rings. The molecule has 1 saturated heterocycles. The van der Waals surface area contributed by atoms with E-state index in [1.54, 1.807) is 6.07 Å². The zero-order valence-electron chi connectivity index (χ0n) is 13.2. The number of fused-ring (bicyclic) bond motifs is 1. The molecule has 1 fully saturated rings. The van der Waals surface area contributed by atoms with Crippen LogP contribution in [0.1, 0.15) is 19.8 Å². The summed E-state index contributed by atoms with van der Waals surface area (Å²) in [5, 5.41) is 6.79. The zero-order chi connectivity index (χ0) is 16.4. The van der Waals surface area contributed by atoms with Crippen LogP contribution in [0.4, 0.5) is 14.6 Å². The third-order valence-corrected chi connectivity index (χ3v) is 4.60.